The van der Waals surface area contributed by atoms with Gasteiger partial charge in [-0.05, 0) is 92.8 Å². The number of nitrogens with one attached hydrogen (secondary N) is 1. The van der Waals surface area contributed by atoms with Gasteiger partial charge in [-0.25, -0.2) is 4.79 Å². The Bertz CT molecular complexity index is 1510. The van der Waals surface area contributed by atoms with Gasteiger partial charge in [0.2, 0.25) is 0 Å². The summed E-state index contributed by atoms with van der Waals surface area (Å²) in [5.41, 5.74) is 5.94. The minimum absolute atomic E-state index is 0.140. The molecule has 3 aromatic carbocycles. The SMILES string of the molecule is O=c1n(CCCN2CCCCC2)c2ccccc2n1C1CCN(C(=S)NCc2ccccc2-c2ccccc2)CC1. The predicted octanol–water partition coefficient (Wildman–Crippen LogP) is 6.06. The maximum absolute atomic E-state index is 13.8. The van der Waals surface area contributed by atoms with E-state index in [1.807, 2.05) is 10.6 Å². The number of rotatable bonds is 8. The molecule has 41 heavy (non-hydrogen) atoms. The Morgan fingerprint density at radius 3 is 2.24 bits per heavy atom. The van der Waals surface area contributed by atoms with Gasteiger partial charge in [0, 0.05) is 32.2 Å². The first-order chi connectivity index (χ1) is 20.2. The molecule has 2 saturated heterocycles. The van der Waals surface area contributed by atoms with E-state index in [1.54, 1.807) is 0 Å². The average molecular weight is 568 g/mol. The van der Waals surface area contributed by atoms with Crippen LogP contribution in [-0.2, 0) is 13.1 Å². The summed E-state index contributed by atoms with van der Waals surface area (Å²) in [6, 6.07) is 27.5. The van der Waals surface area contributed by atoms with Crippen LogP contribution in [0.4, 0.5) is 0 Å². The number of hydrogen-bond donors (Lipinski definition) is 1. The molecule has 0 saturated carbocycles. The maximum Gasteiger partial charge on any atom is 0.329 e. The molecule has 0 aliphatic carbocycles. The lowest BCUT2D eigenvalue weighted by Crippen LogP contribution is -2.45. The van der Waals surface area contributed by atoms with Gasteiger partial charge in [-0.3, -0.25) is 9.13 Å². The number of nitrogens with zero attached hydrogens (tertiary/aromatic N) is 4. The van der Waals surface area contributed by atoms with E-state index in [0.29, 0.717) is 6.54 Å². The summed E-state index contributed by atoms with van der Waals surface area (Å²) >= 11 is 5.84. The zero-order valence-corrected chi connectivity index (χ0v) is 24.7. The van der Waals surface area contributed by atoms with E-state index in [-0.39, 0.29) is 11.7 Å². The Morgan fingerprint density at radius 1 is 0.780 bits per heavy atom. The largest absolute Gasteiger partial charge is 0.358 e. The third-order valence-corrected chi connectivity index (χ3v) is 9.23. The fourth-order valence-electron chi connectivity index (χ4n) is 6.62. The molecule has 6 rings (SSSR count). The van der Waals surface area contributed by atoms with Crippen LogP contribution in [0.15, 0.2) is 83.7 Å². The fourth-order valence-corrected chi connectivity index (χ4v) is 6.87. The van der Waals surface area contributed by atoms with Crippen molar-refractivity contribution in [1.29, 1.82) is 0 Å². The van der Waals surface area contributed by atoms with E-state index >= 15 is 0 Å². The van der Waals surface area contributed by atoms with Crippen LogP contribution in [0.25, 0.3) is 22.2 Å². The molecule has 0 amide bonds. The maximum atomic E-state index is 13.8. The topological polar surface area (TPSA) is 45.4 Å². The number of piperidine rings is 2. The predicted molar refractivity (Wildman–Crippen MR) is 172 cm³/mol. The van der Waals surface area contributed by atoms with E-state index in [4.69, 9.17) is 12.2 Å². The van der Waals surface area contributed by atoms with Crippen molar-refractivity contribution in [1.82, 2.24) is 24.3 Å². The van der Waals surface area contributed by atoms with E-state index in [1.165, 1.54) is 49.0 Å². The van der Waals surface area contributed by atoms with Crippen molar-refractivity contribution in [2.24, 2.45) is 0 Å². The highest BCUT2D eigenvalue weighted by Crippen LogP contribution is 2.27. The van der Waals surface area contributed by atoms with Crippen LogP contribution >= 0.6 is 12.2 Å². The van der Waals surface area contributed by atoms with Crippen molar-refractivity contribution in [2.45, 2.75) is 57.7 Å². The Morgan fingerprint density at radius 2 is 1.46 bits per heavy atom. The molecule has 0 unspecified atom stereocenters. The van der Waals surface area contributed by atoms with E-state index in [9.17, 15) is 4.79 Å². The molecular formula is C34H41N5OS. The van der Waals surface area contributed by atoms with Crippen LogP contribution in [-0.4, -0.2) is 56.8 Å². The number of aryl methyl sites for hydroxylation is 1. The van der Waals surface area contributed by atoms with Crippen LogP contribution in [0.1, 0.15) is 50.1 Å². The van der Waals surface area contributed by atoms with Crippen molar-refractivity contribution in [3.63, 3.8) is 0 Å². The van der Waals surface area contributed by atoms with Crippen LogP contribution in [0.5, 0.6) is 0 Å². The van der Waals surface area contributed by atoms with Crippen molar-refractivity contribution >= 4 is 28.4 Å². The van der Waals surface area contributed by atoms with Gasteiger partial charge in [-0.1, -0.05) is 73.2 Å². The second-order valence-corrected chi connectivity index (χ2v) is 11.8. The highest BCUT2D eigenvalue weighted by molar-refractivity contribution is 7.80. The summed E-state index contributed by atoms with van der Waals surface area (Å²) in [6.45, 7) is 6.63. The first-order valence-electron chi connectivity index (χ1n) is 15.3. The molecule has 4 aromatic rings. The molecule has 3 heterocycles. The fraction of sp³-hybridized carbons (Fsp3) is 0.412. The van der Waals surface area contributed by atoms with E-state index < -0.39 is 0 Å². The van der Waals surface area contributed by atoms with Crippen LogP contribution in [0, 0.1) is 0 Å². The van der Waals surface area contributed by atoms with Crippen molar-refractivity contribution in [3.05, 3.63) is 94.9 Å². The second-order valence-electron chi connectivity index (χ2n) is 11.4. The Labute approximate surface area is 248 Å². The molecule has 0 spiro atoms. The van der Waals surface area contributed by atoms with Crippen LogP contribution < -0.4 is 11.0 Å². The summed E-state index contributed by atoms with van der Waals surface area (Å²) in [6.07, 6.45) is 6.79. The highest BCUT2D eigenvalue weighted by Gasteiger charge is 2.26. The normalized spacial score (nSPS) is 16.7. The molecule has 2 aliphatic heterocycles. The van der Waals surface area contributed by atoms with Crippen LogP contribution in [0.2, 0.25) is 0 Å². The smallest absolute Gasteiger partial charge is 0.329 e. The van der Waals surface area contributed by atoms with Crippen molar-refractivity contribution in [2.75, 3.05) is 32.7 Å². The second kappa shape index (κ2) is 13.0. The van der Waals surface area contributed by atoms with Gasteiger partial charge in [-0.15, -0.1) is 0 Å². The minimum atomic E-state index is 0.140. The molecule has 214 valence electrons. The Kier molecular flexibility index (Phi) is 8.82. The first-order valence-corrected chi connectivity index (χ1v) is 15.7. The lowest BCUT2D eigenvalue weighted by Gasteiger charge is -2.34. The molecule has 2 aliphatic rings. The van der Waals surface area contributed by atoms with E-state index in [0.717, 1.165) is 61.6 Å². The Hall–Kier alpha value is -3.42. The number of imidazole rings is 1. The number of para-hydroxylation sites is 2. The summed E-state index contributed by atoms with van der Waals surface area (Å²) in [5.74, 6) is 0. The zero-order chi connectivity index (χ0) is 28.0. The van der Waals surface area contributed by atoms with Gasteiger partial charge in [0.25, 0.3) is 0 Å². The molecule has 7 heteroatoms. The van der Waals surface area contributed by atoms with Gasteiger partial charge in [-0.2, -0.15) is 0 Å². The minimum Gasteiger partial charge on any atom is -0.358 e. The molecule has 6 nitrogen and oxygen atoms in total. The van der Waals surface area contributed by atoms with Crippen molar-refractivity contribution in [3.8, 4) is 11.1 Å². The molecule has 1 N–H and O–H groups in total. The number of benzene rings is 3. The zero-order valence-electron chi connectivity index (χ0n) is 23.9. The van der Waals surface area contributed by atoms with Crippen molar-refractivity contribution < 1.29 is 0 Å². The molecular weight excluding hydrogens is 526 g/mol. The number of thiocarbonyl (C=S) groups is 1. The van der Waals surface area contributed by atoms with Gasteiger partial charge in [0.05, 0.1) is 11.0 Å². The molecule has 0 bridgehead atoms. The lowest BCUT2D eigenvalue weighted by molar-refractivity contribution is 0.222. The number of likely N-dealkylation sites (tertiary alicyclic amines) is 2. The third kappa shape index (κ3) is 6.26. The summed E-state index contributed by atoms with van der Waals surface area (Å²) in [4.78, 5) is 18.6. The van der Waals surface area contributed by atoms with E-state index in [2.05, 4.69) is 92.5 Å². The Balaban J connectivity index is 1.08. The van der Waals surface area contributed by atoms with Crippen LogP contribution in [0.3, 0.4) is 0 Å². The number of aromatic nitrogens is 2. The highest BCUT2D eigenvalue weighted by atomic mass is 32.1. The van der Waals surface area contributed by atoms with Gasteiger partial charge in [0.1, 0.15) is 0 Å². The molecule has 0 atom stereocenters. The molecule has 1 aromatic heterocycles. The monoisotopic (exact) mass is 567 g/mol. The molecule has 2 fully saturated rings. The molecule has 0 radical (unpaired) electrons. The number of hydrogen-bond acceptors (Lipinski definition) is 3. The standard InChI is InChI=1S/C34H41N5OS/c40-34-38(23-11-22-36-20-9-2-10-21-36)31-16-7-8-17-32(31)39(34)29-18-24-37(25-19-29)33(41)35-26-28-14-5-6-15-30(28)27-12-3-1-4-13-27/h1,3-8,12-17,29H,2,9-11,18-26H2,(H,35,41). The summed E-state index contributed by atoms with van der Waals surface area (Å²) in [7, 11) is 0. The summed E-state index contributed by atoms with van der Waals surface area (Å²) in [5, 5.41) is 4.30. The quantitative estimate of drug-likeness (QED) is 0.262. The third-order valence-electron chi connectivity index (χ3n) is 8.82. The first kappa shape index (κ1) is 27.7. The van der Waals surface area contributed by atoms with Gasteiger partial charge in [0.15, 0.2) is 5.11 Å². The van der Waals surface area contributed by atoms with Gasteiger partial charge < -0.3 is 15.1 Å². The summed E-state index contributed by atoms with van der Waals surface area (Å²) < 4.78 is 4.09. The van der Waals surface area contributed by atoms with Gasteiger partial charge >= 0.3 is 5.69 Å². The lowest BCUT2D eigenvalue weighted by atomic mass is 10.00. The average Bonchev–Trinajstić information content (AvgIpc) is 3.32. The number of fused-ring (bicyclic) bond motifs is 1.